The molecule has 0 atom stereocenters. The maximum Gasteiger partial charge on any atom is 0.420 e. The first-order valence-electron chi connectivity index (χ1n) is 5.15. The van der Waals surface area contributed by atoms with Gasteiger partial charge in [0.2, 0.25) is 5.92 Å². The Balaban J connectivity index is 6.88. The van der Waals surface area contributed by atoms with Crippen molar-refractivity contribution in [1.82, 2.24) is 0 Å². The first kappa shape index (κ1) is 22.3. The van der Waals surface area contributed by atoms with Crippen LogP contribution in [0.25, 0.3) is 0 Å². The number of esters is 1. The molecule has 0 bridgehead atoms. The van der Waals surface area contributed by atoms with Gasteiger partial charge in [0.25, 0.3) is 0 Å². The summed E-state index contributed by atoms with van der Waals surface area (Å²) in [6, 6.07) is 0. The number of ether oxygens (including phenoxy) is 1. The summed E-state index contributed by atoms with van der Waals surface area (Å²) in [6.45, 7) is 0. The lowest BCUT2D eigenvalue weighted by Gasteiger charge is -2.36. The lowest BCUT2D eigenvalue weighted by Crippen LogP contribution is -2.65. The van der Waals surface area contributed by atoms with Gasteiger partial charge >= 0.3 is 36.1 Å². The molecule has 3 nitrogen and oxygen atoms in total. The molecule has 0 heterocycles. The molecule has 0 unspecified atom stereocenters. The number of carbonyl (C=O) groups excluding carboxylic acids is 2. The Kier molecular flexibility index (Phi) is 5.56. The average Bonchev–Trinajstić information content (AvgIpc) is 2.20. The van der Waals surface area contributed by atoms with Crippen molar-refractivity contribution in [2.24, 2.45) is 11.3 Å². The first-order chi connectivity index (χ1) is 10.3. The fraction of sp³-hybridized carbons (Fsp3) is 0.778. The summed E-state index contributed by atoms with van der Waals surface area (Å²) < 4.78 is 153. The van der Waals surface area contributed by atoms with Crippen LogP contribution in [0.2, 0.25) is 0 Å². The maximum absolute atomic E-state index is 12.7. The van der Waals surface area contributed by atoms with Crippen LogP contribution in [0.3, 0.4) is 0 Å². The molecule has 0 aliphatic rings. The number of alkyl halides is 12. The lowest BCUT2D eigenvalue weighted by molar-refractivity contribution is -0.330. The zero-order chi connectivity index (χ0) is 19.9. The van der Waals surface area contributed by atoms with Gasteiger partial charge in [-0.3, -0.25) is 9.59 Å². The van der Waals surface area contributed by atoms with E-state index < -0.39 is 47.8 Å². The van der Waals surface area contributed by atoms with Gasteiger partial charge in [0.05, 0.1) is 7.11 Å². The van der Waals surface area contributed by atoms with Gasteiger partial charge in [-0.2, -0.15) is 52.7 Å². The molecule has 0 rings (SSSR count). The van der Waals surface area contributed by atoms with Gasteiger partial charge in [-0.1, -0.05) is 0 Å². The number of hydrogen-bond acceptors (Lipinski definition) is 3. The summed E-state index contributed by atoms with van der Waals surface area (Å²) in [5, 5.41) is 0. The van der Waals surface area contributed by atoms with Gasteiger partial charge in [0.1, 0.15) is 0 Å². The summed E-state index contributed by atoms with van der Waals surface area (Å²) in [7, 11) is -0.183. The standard InChI is InChI=1S/C9H4F12O3/c1-24-4(23)5(8(16,17)18,9(19,20)21)3(22)2(6(10,11)12)7(13,14)15/h2H,1H3. The highest BCUT2D eigenvalue weighted by atomic mass is 19.4. The minimum atomic E-state index is -7.19. The van der Waals surface area contributed by atoms with Crippen molar-refractivity contribution < 1.29 is 67.0 Å². The Bertz CT molecular complexity index is 466. The van der Waals surface area contributed by atoms with Crippen LogP contribution >= 0.6 is 0 Å². The van der Waals surface area contributed by atoms with Gasteiger partial charge in [-0.15, -0.1) is 0 Å². The maximum atomic E-state index is 12.7. The summed E-state index contributed by atoms with van der Waals surface area (Å²) in [5.41, 5.74) is -6.66. The Hall–Kier alpha value is -1.70. The fourth-order valence-electron chi connectivity index (χ4n) is 1.62. The molecule has 0 aromatic heterocycles. The zero-order valence-electron chi connectivity index (χ0n) is 10.8. The third-order valence-corrected chi connectivity index (χ3v) is 2.63. The molecule has 15 heteroatoms. The molecule has 0 aliphatic heterocycles. The van der Waals surface area contributed by atoms with Crippen LogP contribution in [0, 0.1) is 11.3 Å². The minimum Gasteiger partial charge on any atom is -0.468 e. The van der Waals surface area contributed by atoms with E-state index in [0.717, 1.165) is 0 Å². The molecule has 0 amide bonds. The molecule has 142 valence electrons. The van der Waals surface area contributed by atoms with Gasteiger partial charge < -0.3 is 4.74 Å². The number of halogens is 12. The van der Waals surface area contributed by atoms with Crippen LogP contribution in [0.15, 0.2) is 0 Å². The molecule has 0 saturated carbocycles. The monoisotopic (exact) mass is 388 g/mol. The highest BCUT2D eigenvalue weighted by Crippen LogP contribution is 2.56. The number of carbonyl (C=O) groups is 2. The van der Waals surface area contributed by atoms with E-state index >= 15 is 0 Å². The number of ketones is 1. The topological polar surface area (TPSA) is 43.4 Å². The van der Waals surface area contributed by atoms with Gasteiger partial charge in [-0.05, 0) is 0 Å². The Morgan fingerprint density at radius 3 is 1.17 bits per heavy atom. The first-order valence-corrected chi connectivity index (χ1v) is 5.15. The molecule has 0 N–H and O–H groups in total. The molecular weight excluding hydrogens is 384 g/mol. The average molecular weight is 388 g/mol. The summed E-state index contributed by atoms with van der Waals surface area (Å²) in [6.07, 6.45) is -28.1. The number of rotatable bonds is 3. The minimum absolute atomic E-state index is 0.183. The summed E-state index contributed by atoms with van der Waals surface area (Å²) in [5.74, 6) is -13.9. The van der Waals surface area contributed by atoms with Crippen molar-refractivity contribution in [2.45, 2.75) is 24.7 Å². The van der Waals surface area contributed by atoms with E-state index in [0.29, 0.717) is 0 Å². The van der Waals surface area contributed by atoms with Crippen LogP contribution in [-0.2, 0) is 14.3 Å². The van der Waals surface area contributed by atoms with Crippen LogP contribution in [0.4, 0.5) is 52.7 Å². The Morgan fingerprint density at radius 2 is 1.00 bits per heavy atom. The Morgan fingerprint density at radius 1 is 0.708 bits per heavy atom. The largest absolute Gasteiger partial charge is 0.468 e. The predicted molar refractivity (Wildman–Crippen MR) is 47.2 cm³/mol. The van der Waals surface area contributed by atoms with E-state index in [9.17, 15) is 62.3 Å². The van der Waals surface area contributed by atoms with E-state index in [1.807, 2.05) is 0 Å². The molecule has 0 fully saturated rings. The van der Waals surface area contributed by atoms with Crippen molar-refractivity contribution in [3.8, 4) is 0 Å². The molecule has 0 saturated heterocycles. The van der Waals surface area contributed by atoms with E-state index in [-0.39, 0.29) is 7.11 Å². The lowest BCUT2D eigenvalue weighted by atomic mass is 9.75. The normalized spacial score (nSPS) is 14.8. The molecule has 0 aromatic rings. The second-order valence-corrected chi connectivity index (χ2v) is 4.12. The smallest absolute Gasteiger partial charge is 0.420 e. The third-order valence-electron chi connectivity index (χ3n) is 2.63. The molecule has 24 heavy (non-hydrogen) atoms. The highest BCUT2D eigenvalue weighted by molar-refractivity contribution is 6.07. The number of methoxy groups -OCH3 is 1. The van der Waals surface area contributed by atoms with Crippen LogP contribution in [-0.4, -0.2) is 43.6 Å². The molecule has 0 spiro atoms. The van der Waals surface area contributed by atoms with Crippen molar-refractivity contribution in [3.05, 3.63) is 0 Å². The molecular formula is C9H4F12O3. The van der Waals surface area contributed by atoms with Crippen LogP contribution < -0.4 is 0 Å². The van der Waals surface area contributed by atoms with Crippen molar-refractivity contribution in [3.63, 3.8) is 0 Å². The quantitative estimate of drug-likeness (QED) is 0.422. The SMILES string of the molecule is COC(=O)C(C(=O)C(C(F)(F)F)C(F)(F)F)(C(F)(F)F)C(F)(F)F. The van der Waals surface area contributed by atoms with E-state index in [4.69, 9.17) is 0 Å². The number of hydrogen-bond donors (Lipinski definition) is 0. The van der Waals surface area contributed by atoms with E-state index in [2.05, 4.69) is 4.74 Å². The van der Waals surface area contributed by atoms with E-state index in [1.165, 1.54) is 0 Å². The summed E-state index contributed by atoms with van der Waals surface area (Å²) in [4.78, 5) is 22.1. The van der Waals surface area contributed by atoms with Crippen LogP contribution in [0.5, 0.6) is 0 Å². The highest BCUT2D eigenvalue weighted by Gasteiger charge is 2.84. The molecule has 0 aliphatic carbocycles. The number of Topliss-reactive ketones (excluding diaryl/α,β-unsaturated/α-hetero) is 1. The zero-order valence-corrected chi connectivity index (χ0v) is 10.8. The van der Waals surface area contributed by atoms with Gasteiger partial charge in [0, 0.05) is 0 Å². The van der Waals surface area contributed by atoms with Crippen molar-refractivity contribution in [1.29, 1.82) is 0 Å². The van der Waals surface area contributed by atoms with Crippen molar-refractivity contribution >= 4 is 11.8 Å². The molecule has 0 radical (unpaired) electrons. The van der Waals surface area contributed by atoms with E-state index in [1.54, 1.807) is 0 Å². The second kappa shape index (κ2) is 5.98. The second-order valence-electron chi connectivity index (χ2n) is 4.12. The van der Waals surface area contributed by atoms with Crippen LogP contribution in [0.1, 0.15) is 0 Å². The van der Waals surface area contributed by atoms with Gasteiger partial charge in [0.15, 0.2) is 5.78 Å². The molecule has 0 aromatic carbocycles. The predicted octanol–water partition coefficient (Wildman–Crippen LogP) is 3.58. The summed E-state index contributed by atoms with van der Waals surface area (Å²) >= 11 is 0. The van der Waals surface area contributed by atoms with Gasteiger partial charge in [-0.25, -0.2) is 0 Å². The van der Waals surface area contributed by atoms with Crippen molar-refractivity contribution in [2.75, 3.05) is 7.11 Å². The third kappa shape index (κ3) is 3.53. The Labute approximate surface area is 123 Å². The fourth-order valence-corrected chi connectivity index (χ4v) is 1.62.